The van der Waals surface area contributed by atoms with Crippen molar-refractivity contribution in [2.75, 3.05) is 5.32 Å². The lowest BCUT2D eigenvalue weighted by Gasteiger charge is -2.35. The summed E-state index contributed by atoms with van der Waals surface area (Å²) in [6.45, 7) is 4.71. The summed E-state index contributed by atoms with van der Waals surface area (Å²) in [6, 6.07) is 12.4. The van der Waals surface area contributed by atoms with E-state index in [1.54, 1.807) is 6.07 Å². The largest absolute Gasteiger partial charge is 0.507 e. The van der Waals surface area contributed by atoms with Crippen LogP contribution in [0.2, 0.25) is 0 Å². The minimum atomic E-state index is 0.358. The molecular weight excluding hydrogens is 246 g/mol. The third kappa shape index (κ3) is 2.35. The van der Waals surface area contributed by atoms with Gasteiger partial charge >= 0.3 is 0 Å². The normalized spacial score (nSPS) is 26.6. The van der Waals surface area contributed by atoms with Gasteiger partial charge in [0.05, 0.1) is 0 Å². The number of hydrogen-bond donors (Lipinski definition) is 2. The number of phenolic OH excluding ortho intramolecular Hbond substituents is 1. The molecule has 1 aliphatic carbocycles. The second-order valence-corrected chi connectivity index (χ2v) is 6.20. The minimum Gasteiger partial charge on any atom is -0.507 e. The molecule has 0 amide bonds. The van der Waals surface area contributed by atoms with E-state index in [4.69, 9.17) is 0 Å². The van der Waals surface area contributed by atoms with Crippen molar-refractivity contribution in [1.29, 1.82) is 0 Å². The van der Waals surface area contributed by atoms with Crippen molar-refractivity contribution in [3.63, 3.8) is 0 Å². The van der Waals surface area contributed by atoms with Crippen LogP contribution in [0.4, 0.5) is 5.69 Å². The second-order valence-electron chi connectivity index (χ2n) is 6.20. The van der Waals surface area contributed by atoms with E-state index in [0.29, 0.717) is 17.7 Å². The summed E-state index contributed by atoms with van der Waals surface area (Å²) in [4.78, 5) is 0. The number of nitrogens with one attached hydrogen (secondary N) is 1. The third-order valence-corrected chi connectivity index (χ3v) is 4.95. The molecule has 1 aliphatic rings. The molecule has 0 aromatic heterocycles. The Morgan fingerprint density at radius 1 is 1.00 bits per heavy atom. The first kappa shape index (κ1) is 13.3. The van der Waals surface area contributed by atoms with Crippen LogP contribution in [-0.4, -0.2) is 11.1 Å². The minimum absolute atomic E-state index is 0.358. The molecular formula is C18H23NO. The summed E-state index contributed by atoms with van der Waals surface area (Å²) >= 11 is 0. The standard InChI is InChI=1S/C18H23NO/c1-12-6-3-9-16(13(12)2)19-17-10-4-8-15-14(17)7-5-11-18(15)20/h4-5,7-8,10-13,16,19-20H,3,6,9H2,1-2H3. The third-order valence-electron chi connectivity index (χ3n) is 4.95. The van der Waals surface area contributed by atoms with Crippen LogP contribution in [0.5, 0.6) is 5.75 Å². The number of benzene rings is 2. The highest BCUT2D eigenvalue weighted by Crippen LogP contribution is 2.35. The maximum absolute atomic E-state index is 9.97. The van der Waals surface area contributed by atoms with Crippen LogP contribution in [0, 0.1) is 11.8 Å². The van der Waals surface area contributed by atoms with Gasteiger partial charge in [-0.1, -0.05) is 51.0 Å². The molecule has 0 bridgehead atoms. The molecule has 2 heteroatoms. The van der Waals surface area contributed by atoms with Crippen molar-refractivity contribution in [2.24, 2.45) is 11.8 Å². The van der Waals surface area contributed by atoms with E-state index in [1.807, 2.05) is 18.2 Å². The summed E-state index contributed by atoms with van der Waals surface area (Å²) in [6.07, 6.45) is 3.88. The first-order valence-corrected chi connectivity index (χ1v) is 7.64. The SMILES string of the molecule is CC1CCCC(Nc2cccc3c(O)cccc23)C1C. The van der Waals surface area contributed by atoms with Gasteiger partial charge in [-0.05, 0) is 30.4 Å². The Morgan fingerprint density at radius 3 is 2.60 bits per heavy atom. The smallest absolute Gasteiger partial charge is 0.123 e. The summed E-state index contributed by atoms with van der Waals surface area (Å²) in [5.41, 5.74) is 1.14. The average Bonchev–Trinajstić information content (AvgIpc) is 2.45. The number of anilines is 1. The molecule has 106 valence electrons. The molecule has 0 radical (unpaired) electrons. The van der Waals surface area contributed by atoms with Gasteiger partial charge in [0.1, 0.15) is 5.75 Å². The molecule has 3 rings (SSSR count). The Bertz CT molecular complexity index is 607. The van der Waals surface area contributed by atoms with E-state index in [-0.39, 0.29) is 0 Å². The Morgan fingerprint density at radius 2 is 1.75 bits per heavy atom. The summed E-state index contributed by atoms with van der Waals surface area (Å²) in [5, 5.41) is 15.7. The van der Waals surface area contributed by atoms with Crippen LogP contribution >= 0.6 is 0 Å². The molecule has 0 aliphatic heterocycles. The fraction of sp³-hybridized carbons (Fsp3) is 0.444. The van der Waals surface area contributed by atoms with E-state index >= 15 is 0 Å². The molecule has 1 fully saturated rings. The Labute approximate surface area is 120 Å². The van der Waals surface area contributed by atoms with Crippen molar-refractivity contribution in [3.05, 3.63) is 36.4 Å². The van der Waals surface area contributed by atoms with Crippen LogP contribution in [0.1, 0.15) is 33.1 Å². The van der Waals surface area contributed by atoms with Gasteiger partial charge in [0, 0.05) is 22.5 Å². The van der Waals surface area contributed by atoms with E-state index in [2.05, 4.69) is 31.3 Å². The van der Waals surface area contributed by atoms with Crippen molar-refractivity contribution >= 4 is 16.5 Å². The zero-order valence-corrected chi connectivity index (χ0v) is 12.3. The van der Waals surface area contributed by atoms with Gasteiger partial charge in [0.15, 0.2) is 0 Å². The molecule has 3 unspecified atom stereocenters. The number of rotatable bonds is 2. The second kappa shape index (κ2) is 5.35. The first-order valence-electron chi connectivity index (χ1n) is 7.64. The van der Waals surface area contributed by atoms with Crippen molar-refractivity contribution in [3.8, 4) is 5.75 Å². The molecule has 0 saturated heterocycles. The monoisotopic (exact) mass is 269 g/mol. The molecule has 2 aromatic carbocycles. The number of phenols is 1. The van der Waals surface area contributed by atoms with Gasteiger partial charge in [-0.3, -0.25) is 0 Å². The van der Waals surface area contributed by atoms with Crippen molar-refractivity contribution in [2.45, 2.75) is 39.2 Å². The van der Waals surface area contributed by atoms with Gasteiger partial charge in [0.2, 0.25) is 0 Å². The zero-order chi connectivity index (χ0) is 14.1. The van der Waals surface area contributed by atoms with E-state index in [9.17, 15) is 5.11 Å². The van der Waals surface area contributed by atoms with Gasteiger partial charge in [-0.2, -0.15) is 0 Å². The van der Waals surface area contributed by atoms with E-state index in [1.165, 1.54) is 19.3 Å². The topological polar surface area (TPSA) is 32.3 Å². The van der Waals surface area contributed by atoms with E-state index < -0.39 is 0 Å². The maximum atomic E-state index is 9.97. The summed E-state index contributed by atoms with van der Waals surface area (Å²) in [5.74, 6) is 1.83. The van der Waals surface area contributed by atoms with Crippen molar-refractivity contribution in [1.82, 2.24) is 0 Å². The summed E-state index contributed by atoms with van der Waals surface area (Å²) in [7, 11) is 0. The fourth-order valence-electron chi connectivity index (χ4n) is 3.40. The van der Waals surface area contributed by atoms with E-state index in [0.717, 1.165) is 22.4 Å². The molecule has 2 aromatic rings. The van der Waals surface area contributed by atoms with Crippen LogP contribution in [0.25, 0.3) is 10.8 Å². The highest BCUT2D eigenvalue weighted by molar-refractivity contribution is 5.97. The lowest BCUT2D eigenvalue weighted by atomic mass is 9.78. The Balaban J connectivity index is 1.93. The Kier molecular flexibility index (Phi) is 3.56. The predicted molar refractivity (Wildman–Crippen MR) is 85.2 cm³/mol. The Hall–Kier alpha value is -1.70. The summed E-state index contributed by atoms with van der Waals surface area (Å²) < 4.78 is 0. The lowest BCUT2D eigenvalue weighted by Crippen LogP contribution is -2.35. The van der Waals surface area contributed by atoms with Crippen LogP contribution in [-0.2, 0) is 0 Å². The van der Waals surface area contributed by atoms with Gasteiger partial charge < -0.3 is 10.4 Å². The highest BCUT2D eigenvalue weighted by atomic mass is 16.3. The van der Waals surface area contributed by atoms with Crippen LogP contribution < -0.4 is 5.32 Å². The van der Waals surface area contributed by atoms with Crippen molar-refractivity contribution < 1.29 is 5.11 Å². The first-order chi connectivity index (χ1) is 9.66. The van der Waals surface area contributed by atoms with Gasteiger partial charge in [0.25, 0.3) is 0 Å². The average molecular weight is 269 g/mol. The molecule has 1 saturated carbocycles. The number of hydrogen-bond acceptors (Lipinski definition) is 2. The van der Waals surface area contributed by atoms with Gasteiger partial charge in [-0.15, -0.1) is 0 Å². The number of fused-ring (bicyclic) bond motifs is 1. The zero-order valence-electron chi connectivity index (χ0n) is 12.3. The van der Waals surface area contributed by atoms with Crippen LogP contribution in [0.15, 0.2) is 36.4 Å². The molecule has 0 heterocycles. The molecule has 20 heavy (non-hydrogen) atoms. The lowest BCUT2D eigenvalue weighted by molar-refractivity contribution is 0.253. The number of aromatic hydroxyl groups is 1. The van der Waals surface area contributed by atoms with Crippen LogP contribution in [0.3, 0.4) is 0 Å². The molecule has 3 atom stereocenters. The highest BCUT2D eigenvalue weighted by Gasteiger charge is 2.27. The molecule has 2 N–H and O–H groups in total. The fourth-order valence-corrected chi connectivity index (χ4v) is 3.40. The quantitative estimate of drug-likeness (QED) is 0.822. The van der Waals surface area contributed by atoms with Gasteiger partial charge in [-0.25, -0.2) is 0 Å². The molecule has 2 nitrogen and oxygen atoms in total. The maximum Gasteiger partial charge on any atom is 0.123 e. The predicted octanol–water partition coefficient (Wildman–Crippen LogP) is 4.78. The molecule has 0 spiro atoms.